The van der Waals surface area contributed by atoms with E-state index < -0.39 is 0 Å². The average Bonchev–Trinajstić information content (AvgIpc) is 2.69. The molecule has 0 aromatic carbocycles. The van der Waals surface area contributed by atoms with Crippen LogP contribution in [0.15, 0.2) is 6.07 Å². The van der Waals surface area contributed by atoms with Crippen LogP contribution in [0.5, 0.6) is 0 Å². The van der Waals surface area contributed by atoms with Crippen molar-refractivity contribution in [1.82, 2.24) is 14.7 Å². The summed E-state index contributed by atoms with van der Waals surface area (Å²) in [5.41, 5.74) is 1.41. The van der Waals surface area contributed by atoms with Gasteiger partial charge in [-0.25, -0.2) is 0 Å². The topological polar surface area (TPSA) is 61.9 Å². The number of rotatable bonds is 4. The second-order valence-corrected chi connectivity index (χ2v) is 4.20. The molecule has 1 heterocycles. The van der Waals surface area contributed by atoms with Gasteiger partial charge >= 0.3 is 0 Å². The molecule has 1 aromatic heterocycles. The molecule has 0 aliphatic rings. The third kappa shape index (κ3) is 3.06. The van der Waals surface area contributed by atoms with Crippen LogP contribution in [0.2, 0.25) is 0 Å². The molecule has 0 fully saturated rings. The van der Waals surface area contributed by atoms with Gasteiger partial charge in [0, 0.05) is 20.1 Å². The molecule has 0 aliphatic carbocycles. The second-order valence-electron chi connectivity index (χ2n) is 4.20. The third-order valence-electron chi connectivity index (χ3n) is 2.54. The smallest absolute Gasteiger partial charge is 0.271 e. The number of amides is 1. The van der Waals surface area contributed by atoms with Gasteiger partial charge in [0.05, 0.1) is 17.7 Å². The van der Waals surface area contributed by atoms with Gasteiger partial charge in [0.1, 0.15) is 5.69 Å². The van der Waals surface area contributed by atoms with Gasteiger partial charge in [-0.3, -0.25) is 9.48 Å². The lowest BCUT2D eigenvalue weighted by atomic mass is 10.2. The summed E-state index contributed by atoms with van der Waals surface area (Å²) in [6, 6.07) is 3.90. The highest BCUT2D eigenvalue weighted by Crippen LogP contribution is 2.08. The average molecular weight is 234 g/mol. The summed E-state index contributed by atoms with van der Waals surface area (Å²) < 4.78 is 1.69. The molecule has 0 N–H and O–H groups in total. The fraction of sp³-hybridized carbons (Fsp3) is 0.583. The van der Waals surface area contributed by atoms with Crippen molar-refractivity contribution in [2.45, 2.75) is 27.3 Å². The van der Waals surface area contributed by atoms with E-state index in [9.17, 15) is 4.79 Å². The summed E-state index contributed by atoms with van der Waals surface area (Å²) in [6.45, 7) is 6.70. The molecule has 92 valence electrons. The Bertz CT molecular complexity index is 444. The molecule has 0 saturated heterocycles. The van der Waals surface area contributed by atoms with Crippen molar-refractivity contribution in [2.75, 3.05) is 13.6 Å². The Labute approximate surface area is 102 Å². The number of hydrogen-bond acceptors (Lipinski definition) is 3. The number of carbonyl (C=O) groups excluding carboxylic acids is 1. The molecule has 0 spiro atoms. The molecule has 0 radical (unpaired) electrons. The standard InChI is InChI=1S/C12H18N4O/c1-5-16-11(6-10(3)14-16)12(17)15(4)8-9(2)7-13/h6,9H,5,8H2,1-4H3. The van der Waals surface area contributed by atoms with Crippen molar-refractivity contribution in [3.8, 4) is 6.07 Å². The molecule has 1 rings (SSSR count). The second kappa shape index (κ2) is 5.48. The molecule has 0 bridgehead atoms. The number of aryl methyl sites for hydroxylation is 2. The largest absolute Gasteiger partial charge is 0.339 e. The van der Waals surface area contributed by atoms with Gasteiger partial charge in [0.25, 0.3) is 5.91 Å². The van der Waals surface area contributed by atoms with E-state index in [1.807, 2.05) is 13.8 Å². The van der Waals surface area contributed by atoms with E-state index in [2.05, 4.69) is 11.2 Å². The lowest BCUT2D eigenvalue weighted by Crippen LogP contribution is -2.32. The van der Waals surface area contributed by atoms with E-state index >= 15 is 0 Å². The van der Waals surface area contributed by atoms with Gasteiger partial charge < -0.3 is 4.90 Å². The molecule has 1 unspecified atom stereocenters. The van der Waals surface area contributed by atoms with Gasteiger partial charge in [-0.1, -0.05) is 0 Å². The van der Waals surface area contributed by atoms with Crippen LogP contribution in [0.25, 0.3) is 0 Å². The predicted molar refractivity (Wildman–Crippen MR) is 64.4 cm³/mol. The number of nitrogens with zero attached hydrogens (tertiary/aromatic N) is 4. The van der Waals surface area contributed by atoms with Gasteiger partial charge in [-0.2, -0.15) is 10.4 Å². The molecular formula is C12H18N4O. The molecule has 5 heteroatoms. The van der Waals surface area contributed by atoms with Crippen LogP contribution in [-0.4, -0.2) is 34.2 Å². The summed E-state index contributed by atoms with van der Waals surface area (Å²) >= 11 is 0. The summed E-state index contributed by atoms with van der Waals surface area (Å²) in [5.74, 6) is -0.252. The van der Waals surface area contributed by atoms with Crippen LogP contribution in [0.3, 0.4) is 0 Å². The lowest BCUT2D eigenvalue weighted by molar-refractivity contribution is 0.0773. The van der Waals surface area contributed by atoms with E-state index in [-0.39, 0.29) is 11.8 Å². The first-order valence-electron chi connectivity index (χ1n) is 5.69. The minimum Gasteiger partial charge on any atom is -0.339 e. The van der Waals surface area contributed by atoms with Crippen LogP contribution in [-0.2, 0) is 6.54 Å². The van der Waals surface area contributed by atoms with Gasteiger partial charge in [0.2, 0.25) is 0 Å². The van der Waals surface area contributed by atoms with E-state index in [4.69, 9.17) is 5.26 Å². The Morgan fingerprint density at radius 1 is 1.71 bits per heavy atom. The normalized spacial score (nSPS) is 11.9. The summed E-state index contributed by atoms with van der Waals surface area (Å²) in [6.07, 6.45) is 0. The van der Waals surface area contributed by atoms with Crippen molar-refractivity contribution in [2.24, 2.45) is 5.92 Å². The fourth-order valence-electron chi connectivity index (χ4n) is 1.69. The monoisotopic (exact) mass is 234 g/mol. The quantitative estimate of drug-likeness (QED) is 0.792. The van der Waals surface area contributed by atoms with E-state index in [0.29, 0.717) is 18.8 Å². The molecule has 5 nitrogen and oxygen atoms in total. The first-order chi connectivity index (χ1) is 7.99. The van der Waals surface area contributed by atoms with Gasteiger partial charge in [-0.05, 0) is 26.8 Å². The lowest BCUT2D eigenvalue weighted by Gasteiger charge is -2.18. The van der Waals surface area contributed by atoms with E-state index in [0.717, 1.165) is 5.69 Å². The molecular weight excluding hydrogens is 216 g/mol. The number of nitriles is 1. The summed E-state index contributed by atoms with van der Waals surface area (Å²) in [5, 5.41) is 13.0. The molecule has 1 aromatic rings. The summed E-state index contributed by atoms with van der Waals surface area (Å²) in [4.78, 5) is 13.7. The zero-order valence-corrected chi connectivity index (χ0v) is 10.8. The predicted octanol–water partition coefficient (Wildman–Crippen LogP) is 1.44. The minimum atomic E-state index is -0.164. The van der Waals surface area contributed by atoms with Crippen molar-refractivity contribution >= 4 is 5.91 Å². The fourth-order valence-corrected chi connectivity index (χ4v) is 1.69. The van der Waals surface area contributed by atoms with Crippen LogP contribution >= 0.6 is 0 Å². The van der Waals surface area contributed by atoms with Crippen LogP contribution in [0, 0.1) is 24.2 Å². The summed E-state index contributed by atoms with van der Waals surface area (Å²) in [7, 11) is 1.71. The van der Waals surface area contributed by atoms with Crippen LogP contribution in [0.1, 0.15) is 30.0 Å². The highest BCUT2D eigenvalue weighted by molar-refractivity contribution is 5.92. The van der Waals surface area contributed by atoms with Crippen LogP contribution in [0.4, 0.5) is 0 Å². The maximum absolute atomic E-state index is 12.1. The van der Waals surface area contributed by atoms with Crippen LogP contribution < -0.4 is 0 Å². The molecule has 0 saturated carbocycles. The minimum absolute atomic E-state index is 0.0884. The van der Waals surface area contributed by atoms with E-state index in [1.54, 1.807) is 29.6 Å². The molecule has 1 atom stereocenters. The number of carbonyl (C=O) groups is 1. The molecule has 17 heavy (non-hydrogen) atoms. The SMILES string of the molecule is CCn1nc(C)cc1C(=O)N(C)CC(C)C#N. The third-order valence-corrected chi connectivity index (χ3v) is 2.54. The van der Waals surface area contributed by atoms with Crippen molar-refractivity contribution in [3.63, 3.8) is 0 Å². The Morgan fingerprint density at radius 3 is 2.88 bits per heavy atom. The number of aromatic nitrogens is 2. The number of hydrogen-bond donors (Lipinski definition) is 0. The van der Waals surface area contributed by atoms with Gasteiger partial charge in [0.15, 0.2) is 0 Å². The van der Waals surface area contributed by atoms with Crippen molar-refractivity contribution in [1.29, 1.82) is 5.26 Å². The van der Waals surface area contributed by atoms with Crippen molar-refractivity contribution in [3.05, 3.63) is 17.5 Å². The Balaban J connectivity index is 2.85. The molecule has 0 aliphatic heterocycles. The maximum Gasteiger partial charge on any atom is 0.271 e. The maximum atomic E-state index is 12.1. The highest BCUT2D eigenvalue weighted by Gasteiger charge is 2.18. The van der Waals surface area contributed by atoms with Gasteiger partial charge in [-0.15, -0.1) is 0 Å². The highest BCUT2D eigenvalue weighted by atomic mass is 16.2. The molecule has 1 amide bonds. The van der Waals surface area contributed by atoms with Crippen molar-refractivity contribution < 1.29 is 4.79 Å². The zero-order chi connectivity index (χ0) is 13.0. The Kier molecular flexibility index (Phi) is 4.27. The zero-order valence-electron chi connectivity index (χ0n) is 10.8. The first kappa shape index (κ1) is 13.2. The first-order valence-corrected chi connectivity index (χ1v) is 5.69. The Hall–Kier alpha value is -1.83. The van der Waals surface area contributed by atoms with E-state index in [1.165, 1.54) is 0 Å². The Morgan fingerprint density at radius 2 is 2.35 bits per heavy atom.